The molecule has 0 saturated heterocycles. The molecule has 0 unspecified atom stereocenters. The third-order valence-electron chi connectivity index (χ3n) is 4.49. The molecule has 29 heavy (non-hydrogen) atoms. The van der Waals surface area contributed by atoms with Gasteiger partial charge in [0.15, 0.2) is 5.82 Å². The molecule has 0 aliphatic carbocycles. The zero-order valence-corrected chi connectivity index (χ0v) is 17.0. The third-order valence-corrected chi connectivity index (χ3v) is 4.73. The zero-order valence-electron chi connectivity index (χ0n) is 16.2. The smallest absolute Gasteiger partial charge is 0.227 e. The van der Waals surface area contributed by atoms with Crippen LogP contribution in [-0.4, -0.2) is 31.8 Å². The second-order valence-electron chi connectivity index (χ2n) is 6.44. The molecule has 1 aromatic carbocycles. The number of aromatic nitrogens is 5. The van der Waals surface area contributed by atoms with Crippen LogP contribution in [0.3, 0.4) is 0 Å². The first-order valence-electron chi connectivity index (χ1n) is 8.98. The number of nitrogens with one attached hydrogen (secondary N) is 1. The minimum absolute atomic E-state index is 0.478. The van der Waals surface area contributed by atoms with Gasteiger partial charge in [-0.3, -0.25) is 0 Å². The van der Waals surface area contributed by atoms with Crippen LogP contribution < -0.4 is 10.1 Å². The van der Waals surface area contributed by atoms with Crippen LogP contribution in [0.1, 0.15) is 11.3 Å². The van der Waals surface area contributed by atoms with Gasteiger partial charge in [-0.25, -0.2) is 15.0 Å². The molecule has 3 heterocycles. The highest BCUT2D eigenvalue weighted by Crippen LogP contribution is 2.26. The van der Waals surface area contributed by atoms with Gasteiger partial charge in [-0.1, -0.05) is 17.7 Å². The molecule has 0 amide bonds. The molecular formula is C21H19ClN6O. The monoisotopic (exact) mass is 406 g/mol. The van der Waals surface area contributed by atoms with Crippen LogP contribution in [-0.2, 0) is 0 Å². The van der Waals surface area contributed by atoms with E-state index in [0.29, 0.717) is 22.7 Å². The fourth-order valence-electron chi connectivity index (χ4n) is 2.95. The maximum atomic E-state index is 6.05. The molecule has 0 atom stereocenters. The number of hydrogen-bond donors (Lipinski definition) is 1. The Hall–Kier alpha value is -3.45. The zero-order chi connectivity index (χ0) is 20.4. The Bertz CT molecular complexity index is 1170. The van der Waals surface area contributed by atoms with Gasteiger partial charge in [-0.2, -0.15) is 9.78 Å². The van der Waals surface area contributed by atoms with Crippen molar-refractivity contribution in [3.63, 3.8) is 0 Å². The van der Waals surface area contributed by atoms with Crippen molar-refractivity contribution in [2.75, 3.05) is 12.4 Å². The SMILES string of the molecule is COc1c(C)c(C)nn1-c1cc(-c2ccnc(Nc3cccc(Cl)c3)n2)ccn1. The molecule has 4 aromatic rings. The summed E-state index contributed by atoms with van der Waals surface area (Å²) >= 11 is 6.05. The maximum Gasteiger partial charge on any atom is 0.227 e. The number of anilines is 2. The average Bonchev–Trinajstić information content (AvgIpc) is 3.02. The summed E-state index contributed by atoms with van der Waals surface area (Å²) in [5, 5.41) is 8.35. The largest absolute Gasteiger partial charge is 0.481 e. The summed E-state index contributed by atoms with van der Waals surface area (Å²) in [6.45, 7) is 3.91. The van der Waals surface area contributed by atoms with E-state index < -0.39 is 0 Å². The third kappa shape index (κ3) is 3.90. The van der Waals surface area contributed by atoms with E-state index in [1.807, 2.05) is 56.3 Å². The van der Waals surface area contributed by atoms with Crippen molar-refractivity contribution in [1.29, 1.82) is 0 Å². The summed E-state index contributed by atoms with van der Waals surface area (Å²) in [5.74, 6) is 1.79. The van der Waals surface area contributed by atoms with Crippen LogP contribution in [0.5, 0.6) is 5.88 Å². The van der Waals surface area contributed by atoms with Crippen LogP contribution >= 0.6 is 11.6 Å². The molecule has 4 rings (SSSR count). The first-order chi connectivity index (χ1) is 14.0. The van der Waals surface area contributed by atoms with Crippen molar-refractivity contribution in [1.82, 2.24) is 24.7 Å². The number of pyridine rings is 1. The van der Waals surface area contributed by atoms with Crippen LogP contribution in [0.4, 0.5) is 11.6 Å². The van der Waals surface area contributed by atoms with Gasteiger partial charge in [0.25, 0.3) is 0 Å². The summed E-state index contributed by atoms with van der Waals surface area (Å²) in [6, 6.07) is 13.1. The molecule has 146 valence electrons. The molecule has 0 saturated carbocycles. The quantitative estimate of drug-likeness (QED) is 0.515. The van der Waals surface area contributed by atoms with E-state index in [1.165, 1.54) is 0 Å². The molecule has 0 spiro atoms. The second kappa shape index (κ2) is 7.89. The number of ether oxygens (including phenoxy) is 1. The lowest BCUT2D eigenvalue weighted by molar-refractivity contribution is 0.380. The lowest BCUT2D eigenvalue weighted by atomic mass is 10.2. The van der Waals surface area contributed by atoms with Crippen LogP contribution in [0, 0.1) is 13.8 Å². The Morgan fingerprint density at radius 1 is 1.03 bits per heavy atom. The van der Waals surface area contributed by atoms with E-state index in [4.69, 9.17) is 16.3 Å². The number of methoxy groups -OCH3 is 1. The van der Waals surface area contributed by atoms with Crippen LogP contribution in [0.15, 0.2) is 54.9 Å². The van der Waals surface area contributed by atoms with Gasteiger partial charge < -0.3 is 10.1 Å². The van der Waals surface area contributed by atoms with Crippen molar-refractivity contribution in [3.8, 4) is 23.0 Å². The summed E-state index contributed by atoms with van der Waals surface area (Å²) < 4.78 is 7.20. The number of aryl methyl sites for hydroxylation is 1. The normalized spacial score (nSPS) is 10.8. The van der Waals surface area contributed by atoms with E-state index in [9.17, 15) is 0 Å². The Labute approximate surface area is 173 Å². The fourth-order valence-corrected chi connectivity index (χ4v) is 3.14. The van der Waals surface area contributed by atoms with Gasteiger partial charge in [0.1, 0.15) is 0 Å². The molecular weight excluding hydrogens is 388 g/mol. The fraction of sp³-hybridized carbons (Fsp3) is 0.143. The van der Waals surface area contributed by atoms with Crippen LogP contribution in [0.2, 0.25) is 5.02 Å². The lowest BCUT2D eigenvalue weighted by Crippen LogP contribution is -2.03. The van der Waals surface area contributed by atoms with Crippen LogP contribution in [0.25, 0.3) is 17.1 Å². The van der Waals surface area contributed by atoms with Crippen molar-refractivity contribution >= 4 is 23.2 Å². The average molecular weight is 407 g/mol. The van der Waals surface area contributed by atoms with Gasteiger partial charge in [0.2, 0.25) is 11.8 Å². The van der Waals surface area contributed by atoms with E-state index in [-0.39, 0.29) is 0 Å². The van der Waals surface area contributed by atoms with E-state index in [0.717, 1.165) is 28.2 Å². The maximum absolute atomic E-state index is 6.05. The van der Waals surface area contributed by atoms with Gasteiger partial charge >= 0.3 is 0 Å². The predicted molar refractivity (Wildman–Crippen MR) is 113 cm³/mol. The molecule has 3 aromatic heterocycles. The van der Waals surface area contributed by atoms with Gasteiger partial charge in [-0.15, -0.1) is 0 Å². The number of halogens is 1. The van der Waals surface area contributed by atoms with Gasteiger partial charge in [0.05, 0.1) is 18.5 Å². The summed E-state index contributed by atoms with van der Waals surface area (Å²) in [6.07, 6.45) is 3.43. The Balaban J connectivity index is 1.68. The highest BCUT2D eigenvalue weighted by molar-refractivity contribution is 6.30. The first-order valence-corrected chi connectivity index (χ1v) is 9.35. The van der Waals surface area contributed by atoms with Crippen molar-refractivity contribution in [2.24, 2.45) is 0 Å². The number of nitrogens with zero attached hydrogens (tertiary/aromatic N) is 5. The number of benzene rings is 1. The Kier molecular flexibility index (Phi) is 5.14. The summed E-state index contributed by atoms with van der Waals surface area (Å²) in [4.78, 5) is 13.4. The van der Waals surface area contributed by atoms with E-state index in [1.54, 1.807) is 24.2 Å². The summed E-state index contributed by atoms with van der Waals surface area (Å²) in [7, 11) is 1.63. The predicted octanol–water partition coefficient (Wildman–Crippen LogP) is 4.75. The molecule has 0 radical (unpaired) electrons. The van der Waals surface area contributed by atoms with Crippen molar-refractivity contribution in [3.05, 3.63) is 71.1 Å². The minimum Gasteiger partial charge on any atom is -0.481 e. The molecule has 0 fully saturated rings. The van der Waals surface area contributed by atoms with E-state index >= 15 is 0 Å². The van der Waals surface area contributed by atoms with Crippen molar-refractivity contribution in [2.45, 2.75) is 13.8 Å². The standard InChI is InChI=1S/C21H19ClN6O/c1-13-14(2)27-28(20(13)29-3)19-11-15(7-9-23-19)18-8-10-24-21(26-18)25-17-6-4-5-16(22)12-17/h4-12H,1-3H3,(H,24,25,26). The second-order valence-corrected chi connectivity index (χ2v) is 6.87. The number of rotatable bonds is 5. The molecule has 0 aliphatic heterocycles. The van der Waals surface area contributed by atoms with Crippen molar-refractivity contribution < 1.29 is 4.74 Å². The minimum atomic E-state index is 0.478. The molecule has 0 aliphatic rings. The molecule has 1 N–H and O–H groups in total. The lowest BCUT2D eigenvalue weighted by Gasteiger charge is -2.09. The highest BCUT2D eigenvalue weighted by Gasteiger charge is 2.15. The molecule has 8 heteroatoms. The van der Waals surface area contributed by atoms with E-state index in [2.05, 4.69) is 25.4 Å². The molecule has 0 bridgehead atoms. The van der Waals surface area contributed by atoms with Gasteiger partial charge in [0, 0.05) is 34.2 Å². The topological polar surface area (TPSA) is 77.8 Å². The number of hydrogen-bond acceptors (Lipinski definition) is 6. The Morgan fingerprint density at radius 3 is 2.66 bits per heavy atom. The Morgan fingerprint density at radius 2 is 1.86 bits per heavy atom. The highest BCUT2D eigenvalue weighted by atomic mass is 35.5. The van der Waals surface area contributed by atoms with Gasteiger partial charge in [-0.05, 0) is 50.2 Å². The molecule has 7 nitrogen and oxygen atoms in total. The summed E-state index contributed by atoms with van der Waals surface area (Å²) in [5.41, 5.74) is 4.34. The first kappa shape index (κ1) is 18.9.